The second kappa shape index (κ2) is 6.32. The van der Waals surface area contributed by atoms with Gasteiger partial charge in [-0.3, -0.25) is 4.98 Å². The summed E-state index contributed by atoms with van der Waals surface area (Å²) in [6.45, 7) is 7.03. The molecule has 0 spiro atoms. The van der Waals surface area contributed by atoms with E-state index in [2.05, 4.69) is 27.5 Å². The van der Waals surface area contributed by atoms with Crippen molar-refractivity contribution in [3.63, 3.8) is 0 Å². The Morgan fingerprint density at radius 3 is 2.64 bits per heavy atom. The number of aromatic nitrogens is 2. The molecule has 0 aliphatic carbocycles. The van der Waals surface area contributed by atoms with Gasteiger partial charge in [0, 0.05) is 25.5 Å². The molecule has 0 aliphatic heterocycles. The minimum Gasteiger partial charge on any atom is -0.367 e. The Hall–Kier alpha value is -1.16. The molecule has 2 N–H and O–H groups in total. The normalized spacial score (nSPS) is 10.1. The molecule has 4 nitrogen and oxygen atoms in total. The first-order valence-electron chi connectivity index (χ1n) is 5.06. The lowest BCUT2D eigenvalue weighted by Gasteiger charge is -2.07. The van der Waals surface area contributed by atoms with Gasteiger partial charge in [-0.25, -0.2) is 4.98 Å². The summed E-state index contributed by atoms with van der Waals surface area (Å²) in [4.78, 5) is 8.34. The first kappa shape index (κ1) is 10.9. The fourth-order valence-electron chi connectivity index (χ4n) is 1.15. The Bertz CT molecular complexity index is 262. The molecule has 1 aromatic rings. The Morgan fingerprint density at radius 2 is 1.93 bits per heavy atom. The molecular formula is C10H18N4. The van der Waals surface area contributed by atoms with Gasteiger partial charge in [-0.15, -0.1) is 0 Å². The molecule has 0 fully saturated rings. The average Bonchev–Trinajstić information content (AvgIpc) is 2.20. The molecule has 0 bridgehead atoms. The van der Waals surface area contributed by atoms with Gasteiger partial charge in [0.1, 0.15) is 5.82 Å². The Labute approximate surface area is 85.2 Å². The van der Waals surface area contributed by atoms with Crippen molar-refractivity contribution >= 4 is 5.82 Å². The Kier molecular flexibility index (Phi) is 4.93. The fraction of sp³-hybridized carbons (Fsp3) is 0.600. The maximum absolute atomic E-state index is 4.19. The van der Waals surface area contributed by atoms with Gasteiger partial charge in [0.15, 0.2) is 0 Å². The van der Waals surface area contributed by atoms with Crippen LogP contribution in [0.2, 0.25) is 0 Å². The smallest absolute Gasteiger partial charge is 0.147 e. The Balaban J connectivity index is 2.21. The molecule has 1 rings (SSSR count). The van der Waals surface area contributed by atoms with Gasteiger partial charge in [0.25, 0.3) is 0 Å². The predicted molar refractivity (Wildman–Crippen MR) is 58.4 cm³/mol. The van der Waals surface area contributed by atoms with Gasteiger partial charge in [0.2, 0.25) is 0 Å². The van der Waals surface area contributed by atoms with Gasteiger partial charge in [0.05, 0.1) is 5.69 Å². The van der Waals surface area contributed by atoms with Gasteiger partial charge in [-0.05, 0) is 19.9 Å². The van der Waals surface area contributed by atoms with E-state index in [0.29, 0.717) is 0 Å². The third-order valence-electron chi connectivity index (χ3n) is 1.90. The highest BCUT2D eigenvalue weighted by molar-refractivity contribution is 5.37. The third-order valence-corrected chi connectivity index (χ3v) is 1.90. The van der Waals surface area contributed by atoms with Crippen LogP contribution in [0.1, 0.15) is 19.0 Å². The molecule has 0 amide bonds. The third kappa shape index (κ3) is 3.70. The highest BCUT2D eigenvalue weighted by Crippen LogP contribution is 2.04. The number of anilines is 1. The lowest BCUT2D eigenvalue weighted by molar-refractivity contribution is 0.686. The number of nitrogens with one attached hydrogen (secondary N) is 2. The van der Waals surface area contributed by atoms with E-state index in [4.69, 9.17) is 0 Å². The van der Waals surface area contributed by atoms with E-state index in [9.17, 15) is 0 Å². The summed E-state index contributed by atoms with van der Waals surface area (Å²) >= 11 is 0. The van der Waals surface area contributed by atoms with Crippen molar-refractivity contribution in [1.82, 2.24) is 15.3 Å². The second-order valence-electron chi connectivity index (χ2n) is 3.17. The molecule has 4 heteroatoms. The van der Waals surface area contributed by atoms with E-state index in [-0.39, 0.29) is 0 Å². The highest BCUT2D eigenvalue weighted by Gasteiger charge is 1.96. The second-order valence-corrected chi connectivity index (χ2v) is 3.17. The van der Waals surface area contributed by atoms with Gasteiger partial charge in [-0.1, -0.05) is 6.92 Å². The van der Waals surface area contributed by atoms with E-state index in [1.165, 1.54) is 6.42 Å². The molecule has 0 saturated heterocycles. The van der Waals surface area contributed by atoms with Crippen molar-refractivity contribution in [3.8, 4) is 0 Å². The summed E-state index contributed by atoms with van der Waals surface area (Å²) in [6, 6.07) is 0. The topological polar surface area (TPSA) is 49.8 Å². The fourth-order valence-corrected chi connectivity index (χ4v) is 1.15. The maximum Gasteiger partial charge on any atom is 0.147 e. The van der Waals surface area contributed by atoms with Crippen LogP contribution < -0.4 is 10.6 Å². The minimum absolute atomic E-state index is 0.880. The van der Waals surface area contributed by atoms with E-state index in [1.807, 2.05) is 6.92 Å². The van der Waals surface area contributed by atoms with Crippen LogP contribution in [-0.2, 0) is 0 Å². The van der Waals surface area contributed by atoms with Gasteiger partial charge < -0.3 is 10.6 Å². The summed E-state index contributed by atoms with van der Waals surface area (Å²) in [5, 5.41) is 6.55. The van der Waals surface area contributed by atoms with Crippen molar-refractivity contribution in [2.75, 3.05) is 25.0 Å². The lowest BCUT2D eigenvalue weighted by atomic mass is 10.4. The summed E-state index contributed by atoms with van der Waals surface area (Å²) in [5.41, 5.74) is 0.947. The monoisotopic (exact) mass is 194 g/mol. The number of hydrogen-bond donors (Lipinski definition) is 2. The minimum atomic E-state index is 0.880. The van der Waals surface area contributed by atoms with Crippen LogP contribution in [0.4, 0.5) is 5.82 Å². The van der Waals surface area contributed by atoms with Crippen molar-refractivity contribution in [2.45, 2.75) is 20.3 Å². The maximum atomic E-state index is 4.19. The highest BCUT2D eigenvalue weighted by atomic mass is 15.0. The Morgan fingerprint density at radius 1 is 1.14 bits per heavy atom. The summed E-state index contributed by atoms with van der Waals surface area (Å²) in [5.74, 6) is 0.880. The van der Waals surface area contributed by atoms with Crippen LogP contribution in [0, 0.1) is 6.92 Å². The van der Waals surface area contributed by atoms with Crippen LogP contribution >= 0.6 is 0 Å². The molecule has 78 valence electrons. The van der Waals surface area contributed by atoms with Crippen molar-refractivity contribution in [1.29, 1.82) is 0 Å². The molecule has 1 heterocycles. The number of nitrogens with zero attached hydrogens (tertiary/aromatic N) is 2. The molecule has 0 radical (unpaired) electrons. The largest absolute Gasteiger partial charge is 0.367 e. The van der Waals surface area contributed by atoms with Crippen LogP contribution in [0.3, 0.4) is 0 Å². The van der Waals surface area contributed by atoms with Crippen LogP contribution in [0.15, 0.2) is 12.4 Å². The molecule has 0 atom stereocenters. The lowest BCUT2D eigenvalue weighted by Crippen LogP contribution is -2.23. The number of aryl methyl sites for hydroxylation is 1. The molecule has 0 aliphatic rings. The standard InChI is InChI=1S/C10H18N4/c1-3-4-11-5-6-13-10-9(2)12-7-8-14-10/h7-8,11H,3-6H2,1-2H3,(H,13,14). The zero-order valence-electron chi connectivity index (χ0n) is 8.88. The van der Waals surface area contributed by atoms with Crippen LogP contribution in [-0.4, -0.2) is 29.6 Å². The van der Waals surface area contributed by atoms with E-state index < -0.39 is 0 Å². The van der Waals surface area contributed by atoms with E-state index >= 15 is 0 Å². The average molecular weight is 194 g/mol. The quantitative estimate of drug-likeness (QED) is 0.668. The van der Waals surface area contributed by atoms with Crippen LogP contribution in [0.25, 0.3) is 0 Å². The van der Waals surface area contributed by atoms with Crippen molar-refractivity contribution in [2.24, 2.45) is 0 Å². The molecular weight excluding hydrogens is 176 g/mol. The van der Waals surface area contributed by atoms with Crippen LogP contribution in [0.5, 0.6) is 0 Å². The van der Waals surface area contributed by atoms with Gasteiger partial charge in [-0.2, -0.15) is 0 Å². The summed E-state index contributed by atoms with van der Waals surface area (Å²) in [7, 11) is 0. The zero-order chi connectivity index (χ0) is 10.2. The number of rotatable bonds is 6. The zero-order valence-corrected chi connectivity index (χ0v) is 8.88. The number of hydrogen-bond acceptors (Lipinski definition) is 4. The van der Waals surface area contributed by atoms with E-state index in [0.717, 1.165) is 31.1 Å². The van der Waals surface area contributed by atoms with Crippen molar-refractivity contribution < 1.29 is 0 Å². The summed E-state index contributed by atoms with van der Waals surface area (Å²) < 4.78 is 0. The first-order valence-corrected chi connectivity index (χ1v) is 5.06. The SMILES string of the molecule is CCCNCCNc1nccnc1C. The molecule has 0 unspecified atom stereocenters. The van der Waals surface area contributed by atoms with Gasteiger partial charge >= 0.3 is 0 Å². The van der Waals surface area contributed by atoms with E-state index in [1.54, 1.807) is 12.4 Å². The summed E-state index contributed by atoms with van der Waals surface area (Å²) in [6.07, 6.45) is 4.58. The molecule has 1 aromatic heterocycles. The van der Waals surface area contributed by atoms with Crippen molar-refractivity contribution in [3.05, 3.63) is 18.1 Å². The molecule has 14 heavy (non-hydrogen) atoms. The molecule has 0 aromatic carbocycles. The molecule has 0 saturated carbocycles. The predicted octanol–water partition coefficient (Wildman–Crippen LogP) is 1.20. The first-order chi connectivity index (χ1) is 6.84.